The van der Waals surface area contributed by atoms with Gasteiger partial charge in [0.05, 0.1) is 0 Å². The lowest BCUT2D eigenvalue weighted by molar-refractivity contribution is -0.398. The Morgan fingerprint density at radius 2 is 1.84 bits per heavy atom. The molecule has 1 rings (SSSR count). The molecule has 0 aromatic carbocycles. The van der Waals surface area contributed by atoms with Gasteiger partial charge in [-0.2, -0.15) is 11.8 Å². The van der Waals surface area contributed by atoms with Gasteiger partial charge in [-0.05, 0) is 57.0 Å². The number of nitrogens with one attached hydrogen (secondary N) is 2. The highest BCUT2D eigenvalue weighted by Gasteiger charge is 2.29. The first-order chi connectivity index (χ1) is 11.3. The summed E-state index contributed by atoms with van der Waals surface area (Å²) in [5.41, 5.74) is 3.69. The molecule has 0 heterocycles. The molecule has 6 N–H and O–H groups in total. The molecule has 2 amide bonds. The maximum atomic E-state index is 12.3. The standard InChI is InChI=1S/C16H29N3O4S.ClH/c1-10(17)14(20)18-9-11-3-5-12(6-4-11)15(21)19-13(16(22)23)7-8-24-2;/h10-13H,3-9,17H2,1-2H3,(H,18,20)(H,19,21)(H,22,23);1H/t10-,11?,12?,13-;/m1./s1. The third kappa shape index (κ3) is 8.78. The average molecular weight is 396 g/mol. The van der Waals surface area contributed by atoms with Crippen molar-refractivity contribution in [3.8, 4) is 0 Å². The second-order valence-electron chi connectivity index (χ2n) is 6.54. The number of carbonyl (C=O) groups excluding carboxylic acids is 2. The fourth-order valence-electron chi connectivity index (χ4n) is 2.83. The lowest BCUT2D eigenvalue weighted by Crippen LogP contribution is -3.00. The lowest BCUT2D eigenvalue weighted by atomic mass is 9.81. The molecular formula is C16H30ClN3O4S. The molecule has 1 aliphatic rings. The Morgan fingerprint density at radius 1 is 1.24 bits per heavy atom. The summed E-state index contributed by atoms with van der Waals surface area (Å²) in [7, 11) is 0. The SMILES string of the molecule is CSCC[C@@H](NC(=O)C1CCC(CNC(=O)[C@@H](C)[NH3+])CC1)C(=O)O.[Cl-]. The first kappa shape index (κ1) is 24.0. The van der Waals surface area contributed by atoms with Crippen molar-refractivity contribution < 1.29 is 37.6 Å². The van der Waals surface area contributed by atoms with E-state index in [4.69, 9.17) is 0 Å². The molecule has 2 atom stereocenters. The first-order valence-electron chi connectivity index (χ1n) is 8.48. The maximum absolute atomic E-state index is 12.3. The van der Waals surface area contributed by atoms with Crippen LogP contribution in [0.25, 0.3) is 0 Å². The van der Waals surface area contributed by atoms with Gasteiger partial charge in [0.2, 0.25) is 5.91 Å². The fraction of sp³-hybridized carbons (Fsp3) is 0.812. The van der Waals surface area contributed by atoms with E-state index in [1.165, 1.54) is 0 Å². The lowest BCUT2D eigenvalue weighted by Gasteiger charge is -2.28. The second-order valence-corrected chi connectivity index (χ2v) is 7.53. The van der Waals surface area contributed by atoms with Gasteiger partial charge >= 0.3 is 5.97 Å². The van der Waals surface area contributed by atoms with Crippen molar-refractivity contribution in [1.29, 1.82) is 0 Å². The molecule has 1 saturated carbocycles. The highest BCUT2D eigenvalue weighted by atomic mass is 35.5. The number of thioether (sulfide) groups is 1. The molecule has 25 heavy (non-hydrogen) atoms. The van der Waals surface area contributed by atoms with Gasteiger partial charge in [-0.25, -0.2) is 4.79 Å². The summed E-state index contributed by atoms with van der Waals surface area (Å²) in [6.07, 6.45) is 5.56. The van der Waals surface area contributed by atoms with Crippen LogP contribution in [-0.4, -0.2) is 53.5 Å². The van der Waals surface area contributed by atoms with Gasteiger partial charge in [0.25, 0.3) is 5.91 Å². The molecule has 0 radical (unpaired) electrons. The molecule has 7 nitrogen and oxygen atoms in total. The normalized spacial score (nSPS) is 22.2. The van der Waals surface area contributed by atoms with Gasteiger partial charge in [-0.1, -0.05) is 0 Å². The smallest absolute Gasteiger partial charge is 0.326 e. The van der Waals surface area contributed by atoms with Gasteiger partial charge in [0.1, 0.15) is 6.04 Å². The minimum absolute atomic E-state index is 0. The van der Waals surface area contributed by atoms with Crippen molar-refractivity contribution >= 4 is 29.5 Å². The summed E-state index contributed by atoms with van der Waals surface area (Å²) in [6.45, 7) is 2.38. The van der Waals surface area contributed by atoms with Crippen LogP contribution < -0.4 is 28.8 Å². The quantitative estimate of drug-likeness (QED) is 0.328. The van der Waals surface area contributed by atoms with E-state index in [0.717, 1.165) is 25.7 Å². The molecule has 0 aliphatic heterocycles. The molecule has 0 spiro atoms. The number of carbonyl (C=O) groups is 3. The second kappa shape index (κ2) is 12.4. The largest absolute Gasteiger partial charge is 1.00 e. The number of quaternary nitrogens is 1. The fourth-order valence-corrected chi connectivity index (χ4v) is 3.30. The summed E-state index contributed by atoms with van der Waals surface area (Å²) in [6, 6.07) is -1.07. The summed E-state index contributed by atoms with van der Waals surface area (Å²) < 4.78 is 0. The van der Waals surface area contributed by atoms with Crippen LogP contribution >= 0.6 is 11.8 Å². The van der Waals surface area contributed by atoms with Gasteiger partial charge in [-0.15, -0.1) is 0 Å². The predicted molar refractivity (Wildman–Crippen MR) is 93.4 cm³/mol. The zero-order chi connectivity index (χ0) is 18.1. The molecule has 0 aromatic heterocycles. The minimum Gasteiger partial charge on any atom is -1.00 e. The molecule has 0 saturated heterocycles. The Hall–Kier alpha value is -0.990. The van der Waals surface area contributed by atoms with Crippen LogP contribution in [0, 0.1) is 11.8 Å². The van der Waals surface area contributed by atoms with Crippen LogP contribution in [0.2, 0.25) is 0 Å². The Morgan fingerprint density at radius 3 is 2.32 bits per heavy atom. The summed E-state index contributed by atoms with van der Waals surface area (Å²) >= 11 is 1.57. The number of hydrogen-bond acceptors (Lipinski definition) is 4. The topological polar surface area (TPSA) is 123 Å². The van der Waals surface area contributed by atoms with Gasteiger partial charge in [-0.3, -0.25) is 9.59 Å². The van der Waals surface area contributed by atoms with Crippen LogP contribution in [0.3, 0.4) is 0 Å². The summed E-state index contributed by atoms with van der Waals surface area (Å²) in [5.74, 6) is -0.223. The first-order valence-corrected chi connectivity index (χ1v) is 9.87. The van der Waals surface area contributed by atoms with E-state index >= 15 is 0 Å². The maximum Gasteiger partial charge on any atom is 0.326 e. The molecule has 1 fully saturated rings. The Kier molecular flexibility index (Phi) is 11.9. The van der Waals surface area contributed by atoms with Crippen LogP contribution in [-0.2, 0) is 14.4 Å². The minimum atomic E-state index is -0.976. The van der Waals surface area contributed by atoms with Gasteiger partial charge in [0.15, 0.2) is 6.04 Å². The van der Waals surface area contributed by atoms with Gasteiger partial charge < -0.3 is 33.9 Å². The van der Waals surface area contributed by atoms with E-state index in [2.05, 4.69) is 16.4 Å². The van der Waals surface area contributed by atoms with Crippen LogP contribution in [0.5, 0.6) is 0 Å². The van der Waals surface area contributed by atoms with Crippen molar-refractivity contribution in [1.82, 2.24) is 10.6 Å². The number of aliphatic carboxylic acids is 1. The number of rotatable bonds is 9. The van der Waals surface area contributed by atoms with E-state index < -0.39 is 12.0 Å². The Balaban J connectivity index is 0.00000576. The average Bonchev–Trinajstić information content (AvgIpc) is 2.56. The van der Waals surface area contributed by atoms with E-state index in [-0.39, 0.29) is 36.2 Å². The number of amides is 2. The summed E-state index contributed by atoms with van der Waals surface area (Å²) in [5, 5.41) is 14.7. The highest BCUT2D eigenvalue weighted by Crippen LogP contribution is 2.28. The zero-order valence-electron chi connectivity index (χ0n) is 14.9. The van der Waals surface area contributed by atoms with E-state index in [1.54, 1.807) is 18.7 Å². The molecule has 9 heteroatoms. The van der Waals surface area contributed by atoms with Crippen LogP contribution in [0.15, 0.2) is 0 Å². The number of carboxylic acid groups (broad SMARTS) is 1. The molecular weight excluding hydrogens is 366 g/mol. The summed E-state index contributed by atoms with van der Waals surface area (Å²) in [4.78, 5) is 35.0. The predicted octanol–water partition coefficient (Wildman–Crippen LogP) is -3.13. The third-order valence-electron chi connectivity index (χ3n) is 4.46. The number of halogens is 1. The third-order valence-corrected chi connectivity index (χ3v) is 5.10. The van der Waals surface area contributed by atoms with Gasteiger partial charge in [0, 0.05) is 12.5 Å². The Labute approximate surface area is 159 Å². The Bertz CT molecular complexity index is 443. The molecule has 0 bridgehead atoms. The van der Waals surface area contributed by atoms with Crippen molar-refractivity contribution in [2.45, 2.75) is 51.1 Å². The molecule has 1 aliphatic carbocycles. The van der Waals surface area contributed by atoms with Crippen molar-refractivity contribution in [2.75, 3.05) is 18.6 Å². The molecule has 146 valence electrons. The monoisotopic (exact) mass is 395 g/mol. The molecule has 0 unspecified atom stereocenters. The van der Waals surface area contributed by atoms with E-state index in [1.807, 2.05) is 6.26 Å². The van der Waals surface area contributed by atoms with Crippen molar-refractivity contribution in [3.05, 3.63) is 0 Å². The highest BCUT2D eigenvalue weighted by molar-refractivity contribution is 7.98. The number of hydrogen-bond donors (Lipinski definition) is 4. The molecule has 0 aromatic rings. The zero-order valence-corrected chi connectivity index (χ0v) is 16.5. The van der Waals surface area contributed by atoms with Crippen LogP contribution in [0.1, 0.15) is 39.0 Å². The van der Waals surface area contributed by atoms with Crippen molar-refractivity contribution in [2.24, 2.45) is 11.8 Å². The van der Waals surface area contributed by atoms with Crippen molar-refractivity contribution in [3.63, 3.8) is 0 Å². The van der Waals surface area contributed by atoms with E-state index in [0.29, 0.717) is 24.6 Å². The number of carboxylic acids is 1. The van der Waals surface area contributed by atoms with Crippen LogP contribution in [0.4, 0.5) is 0 Å². The van der Waals surface area contributed by atoms with E-state index in [9.17, 15) is 19.5 Å².